The van der Waals surface area contributed by atoms with Crippen molar-refractivity contribution in [3.63, 3.8) is 0 Å². The van der Waals surface area contributed by atoms with E-state index in [0.29, 0.717) is 17.8 Å². The molecule has 28 heavy (non-hydrogen) atoms. The fourth-order valence-corrected chi connectivity index (χ4v) is 3.21. The molecule has 6 heteroatoms. The molecule has 141 valence electrons. The zero-order valence-electron chi connectivity index (χ0n) is 15.7. The lowest BCUT2D eigenvalue weighted by Crippen LogP contribution is -2.08. The normalized spacial score (nSPS) is 12.0. The van der Waals surface area contributed by atoms with E-state index >= 15 is 0 Å². The highest BCUT2D eigenvalue weighted by Gasteiger charge is 2.21. The first kappa shape index (κ1) is 17.7. The van der Waals surface area contributed by atoms with Gasteiger partial charge in [-0.2, -0.15) is 5.32 Å². The molecule has 3 aromatic rings. The molecule has 0 atom stereocenters. The minimum Gasteiger partial charge on any atom is -0.497 e. The molecule has 0 aromatic heterocycles. The van der Waals surface area contributed by atoms with Gasteiger partial charge in [-0.25, -0.2) is 4.79 Å². The Morgan fingerprint density at radius 1 is 0.964 bits per heavy atom. The minimum absolute atomic E-state index is 0.346. The van der Waals surface area contributed by atoms with Crippen molar-refractivity contribution in [2.75, 3.05) is 24.9 Å². The maximum absolute atomic E-state index is 11.7. The predicted molar refractivity (Wildman–Crippen MR) is 109 cm³/mol. The summed E-state index contributed by atoms with van der Waals surface area (Å²) in [5.41, 5.74) is 5.27. The van der Waals surface area contributed by atoms with Crippen LogP contribution in [0.15, 0.2) is 60.7 Å². The molecule has 0 bridgehead atoms. The first-order valence-electron chi connectivity index (χ1n) is 8.88. The van der Waals surface area contributed by atoms with E-state index in [1.54, 1.807) is 14.2 Å². The fourth-order valence-electron chi connectivity index (χ4n) is 3.21. The highest BCUT2D eigenvalue weighted by Crippen LogP contribution is 2.36. The molecule has 6 nitrogen and oxygen atoms in total. The number of nitrogens with one attached hydrogen (secondary N) is 2. The van der Waals surface area contributed by atoms with E-state index in [1.807, 2.05) is 60.7 Å². The van der Waals surface area contributed by atoms with Crippen LogP contribution in [0.5, 0.6) is 11.5 Å². The van der Waals surface area contributed by atoms with Crippen LogP contribution in [0, 0.1) is 0 Å². The minimum atomic E-state index is -0.346. The maximum atomic E-state index is 11.7. The van der Waals surface area contributed by atoms with Crippen LogP contribution >= 0.6 is 0 Å². The summed E-state index contributed by atoms with van der Waals surface area (Å²) in [6, 6.07) is 19.2. The molecule has 0 aliphatic carbocycles. The summed E-state index contributed by atoms with van der Waals surface area (Å²) < 4.78 is 10.8. The molecule has 0 saturated heterocycles. The lowest BCUT2D eigenvalue weighted by molar-refractivity contribution is 0.256. The van der Waals surface area contributed by atoms with Crippen LogP contribution in [-0.4, -0.2) is 20.3 Å². The Hall–Kier alpha value is -3.67. The predicted octanol–water partition coefficient (Wildman–Crippen LogP) is 4.82. The number of rotatable bonds is 6. The van der Waals surface area contributed by atoms with Crippen LogP contribution in [0.2, 0.25) is 0 Å². The SMILES string of the molecule is COc1cc(Cc2cc3c(cc2Nc2ccccc2)[N]C(=O)N3)cc(OC)c1. The highest BCUT2D eigenvalue weighted by molar-refractivity contribution is 6.03. The first-order chi connectivity index (χ1) is 13.6. The number of nitrogens with zero attached hydrogens (tertiary/aromatic N) is 1. The third-order valence-corrected chi connectivity index (χ3v) is 4.54. The van der Waals surface area contributed by atoms with Gasteiger partial charge in [-0.1, -0.05) is 18.2 Å². The van der Waals surface area contributed by atoms with Crippen molar-refractivity contribution in [2.24, 2.45) is 0 Å². The van der Waals surface area contributed by atoms with E-state index in [0.717, 1.165) is 34.0 Å². The Labute approximate surface area is 163 Å². The zero-order valence-corrected chi connectivity index (χ0v) is 15.7. The molecule has 1 aliphatic heterocycles. The van der Waals surface area contributed by atoms with E-state index in [9.17, 15) is 4.79 Å². The van der Waals surface area contributed by atoms with Crippen molar-refractivity contribution < 1.29 is 14.3 Å². The topological polar surface area (TPSA) is 73.7 Å². The summed E-state index contributed by atoms with van der Waals surface area (Å²) >= 11 is 0. The third kappa shape index (κ3) is 3.71. The molecule has 4 rings (SSSR count). The Morgan fingerprint density at radius 3 is 2.36 bits per heavy atom. The second-order valence-electron chi connectivity index (χ2n) is 6.46. The summed E-state index contributed by atoms with van der Waals surface area (Å²) in [6.45, 7) is 0. The number of carbonyl (C=O) groups is 1. The van der Waals surface area contributed by atoms with E-state index < -0.39 is 0 Å². The first-order valence-corrected chi connectivity index (χ1v) is 8.88. The van der Waals surface area contributed by atoms with Gasteiger partial charge in [0.25, 0.3) is 0 Å². The molecular weight excluding hydrogens is 354 g/mol. The third-order valence-electron chi connectivity index (χ3n) is 4.54. The molecule has 1 radical (unpaired) electrons. The quantitative estimate of drug-likeness (QED) is 0.649. The molecular formula is C22H20N3O3. The smallest absolute Gasteiger partial charge is 0.346 e. The van der Waals surface area contributed by atoms with E-state index in [-0.39, 0.29) is 6.03 Å². The summed E-state index contributed by atoms with van der Waals surface area (Å²) in [5, 5.41) is 10.2. The van der Waals surface area contributed by atoms with Crippen molar-refractivity contribution in [3.05, 3.63) is 71.8 Å². The average Bonchev–Trinajstić information content (AvgIpc) is 3.07. The monoisotopic (exact) mass is 374 g/mol. The lowest BCUT2D eigenvalue weighted by Gasteiger charge is -2.15. The largest absolute Gasteiger partial charge is 0.497 e. The number of fused-ring (bicyclic) bond motifs is 1. The van der Waals surface area contributed by atoms with E-state index in [2.05, 4.69) is 16.0 Å². The van der Waals surface area contributed by atoms with Crippen molar-refractivity contribution in [3.8, 4) is 11.5 Å². The second-order valence-corrected chi connectivity index (χ2v) is 6.46. The van der Waals surface area contributed by atoms with Gasteiger partial charge in [-0.3, -0.25) is 0 Å². The number of hydrogen-bond acceptors (Lipinski definition) is 4. The molecule has 2 N–H and O–H groups in total. The lowest BCUT2D eigenvalue weighted by atomic mass is 10.0. The van der Waals surface area contributed by atoms with Gasteiger partial charge in [-0.05, 0) is 53.9 Å². The maximum Gasteiger partial charge on any atom is 0.346 e. The van der Waals surface area contributed by atoms with Gasteiger partial charge in [0.2, 0.25) is 0 Å². The highest BCUT2D eigenvalue weighted by atomic mass is 16.5. The molecule has 0 spiro atoms. The van der Waals surface area contributed by atoms with Crippen LogP contribution < -0.4 is 25.4 Å². The van der Waals surface area contributed by atoms with Gasteiger partial charge in [0.15, 0.2) is 0 Å². The molecule has 0 saturated carbocycles. The van der Waals surface area contributed by atoms with Crippen LogP contribution in [0.1, 0.15) is 11.1 Å². The van der Waals surface area contributed by atoms with Crippen molar-refractivity contribution >= 4 is 28.8 Å². The summed E-state index contributed by atoms with van der Waals surface area (Å²) in [4.78, 5) is 11.7. The number of methoxy groups -OCH3 is 2. The second kappa shape index (κ2) is 7.52. The van der Waals surface area contributed by atoms with E-state index in [4.69, 9.17) is 9.47 Å². The van der Waals surface area contributed by atoms with Crippen LogP contribution in [0.25, 0.3) is 0 Å². The molecule has 0 unspecified atom stereocenters. The fraction of sp³-hybridized carbons (Fsp3) is 0.136. The molecule has 1 heterocycles. The number of amides is 2. The Kier molecular flexibility index (Phi) is 4.76. The van der Waals surface area contributed by atoms with Gasteiger partial charge in [0, 0.05) is 17.4 Å². The van der Waals surface area contributed by atoms with Gasteiger partial charge in [-0.15, -0.1) is 0 Å². The summed E-state index contributed by atoms with van der Waals surface area (Å²) in [6.07, 6.45) is 0.631. The van der Waals surface area contributed by atoms with Gasteiger partial charge >= 0.3 is 6.03 Å². The van der Waals surface area contributed by atoms with Gasteiger partial charge in [0.1, 0.15) is 11.5 Å². The molecule has 3 aromatic carbocycles. The number of para-hydroxylation sites is 1. The Balaban J connectivity index is 1.73. The number of anilines is 3. The summed E-state index contributed by atoms with van der Waals surface area (Å²) in [5.74, 6) is 1.47. The number of urea groups is 1. The zero-order chi connectivity index (χ0) is 19.5. The Bertz CT molecular complexity index is 997. The Morgan fingerprint density at radius 2 is 1.68 bits per heavy atom. The van der Waals surface area contributed by atoms with E-state index in [1.165, 1.54) is 0 Å². The number of benzene rings is 3. The standard InChI is InChI=1S/C22H20N3O3/c1-27-17-9-14(10-18(12-17)28-2)8-15-11-20-21(25-22(26)24-20)13-19(15)23-16-6-4-3-5-7-16/h3-7,9-13,23H,8H2,1-2H3,(H,24,26). The van der Waals surface area contributed by atoms with Gasteiger partial charge < -0.3 is 20.1 Å². The molecule has 0 fully saturated rings. The van der Waals surface area contributed by atoms with Crippen LogP contribution in [0.3, 0.4) is 0 Å². The van der Waals surface area contributed by atoms with Gasteiger partial charge in [0.05, 0.1) is 25.6 Å². The number of ether oxygens (including phenoxy) is 2. The number of hydrogen-bond donors (Lipinski definition) is 2. The van der Waals surface area contributed by atoms with Crippen molar-refractivity contribution in [2.45, 2.75) is 6.42 Å². The molecule has 2 amide bonds. The average molecular weight is 374 g/mol. The van der Waals surface area contributed by atoms with Crippen molar-refractivity contribution in [1.82, 2.24) is 5.32 Å². The van der Waals surface area contributed by atoms with Crippen LogP contribution in [-0.2, 0) is 6.42 Å². The summed E-state index contributed by atoms with van der Waals surface area (Å²) in [7, 11) is 3.26. The molecule has 1 aliphatic rings. The number of carbonyl (C=O) groups excluding carboxylic acids is 1. The van der Waals surface area contributed by atoms with Crippen molar-refractivity contribution in [1.29, 1.82) is 0 Å². The van der Waals surface area contributed by atoms with Crippen LogP contribution in [0.4, 0.5) is 27.5 Å².